The van der Waals surface area contributed by atoms with Gasteiger partial charge in [0.05, 0.1) is 0 Å². The van der Waals surface area contributed by atoms with E-state index < -0.39 is 18.0 Å². The van der Waals surface area contributed by atoms with Gasteiger partial charge in [-0.2, -0.15) is 0 Å². The van der Waals surface area contributed by atoms with Crippen LogP contribution in [0, 0.1) is 0 Å². The molecule has 392 valence electrons. The first-order chi connectivity index (χ1) is 35.0. The van der Waals surface area contributed by atoms with Crippen LogP contribution in [-0.4, -0.2) is 37.2 Å². The maximum absolute atomic E-state index is 12.8. The summed E-state index contributed by atoms with van der Waals surface area (Å²) < 4.78 is 16.7. The van der Waals surface area contributed by atoms with Gasteiger partial charge in [-0.05, 0) is 135 Å². The van der Waals surface area contributed by atoms with Crippen molar-refractivity contribution in [3.05, 3.63) is 182 Å². The van der Waals surface area contributed by atoms with Crippen LogP contribution in [0.1, 0.15) is 188 Å². The Morgan fingerprint density at radius 3 is 0.887 bits per heavy atom. The molecule has 0 aromatic carbocycles. The lowest BCUT2D eigenvalue weighted by Gasteiger charge is -2.18. The van der Waals surface area contributed by atoms with Crippen molar-refractivity contribution in [3.63, 3.8) is 0 Å². The Morgan fingerprint density at radius 2 is 0.563 bits per heavy atom. The Morgan fingerprint density at radius 1 is 0.296 bits per heavy atom. The van der Waals surface area contributed by atoms with Crippen molar-refractivity contribution in [1.82, 2.24) is 0 Å². The first-order valence-electron chi connectivity index (χ1n) is 27.3. The third-order valence-corrected chi connectivity index (χ3v) is 10.4. The fraction of sp³-hybridized carbons (Fsp3) is 0.492. The first kappa shape index (κ1) is 65.5. The summed E-state index contributed by atoms with van der Waals surface area (Å²) in [7, 11) is 0. The van der Waals surface area contributed by atoms with E-state index in [1.807, 2.05) is 12.2 Å². The van der Waals surface area contributed by atoms with Crippen LogP contribution in [0.3, 0.4) is 0 Å². The predicted octanol–water partition coefficient (Wildman–Crippen LogP) is 18.5. The molecule has 0 fully saturated rings. The molecule has 0 aromatic rings. The molecule has 0 spiro atoms. The molecule has 0 saturated carbocycles. The summed E-state index contributed by atoms with van der Waals surface area (Å²) in [5, 5.41) is 0. The van der Waals surface area contributed by atoms with E-state index in [-0.39, 0.29) is 38.4 Å². The molecule has 0 aliphatic heterocycles. The van der Waals surface area contributed by atoms with Crippen LogP contribution in [0.5, 0.6) is 0 Å². The number of hydrogen-bond donors (Lipinski definition) is 0. The number of hydrogen-bond acceptors (Lipinski definition) is 6. The highest BCUT2D eigenvalue weighted by Gasteiger charge is 2.19. The van der Waals surface area contributed by atoms with Gasteiger partial charge in [0.1, 0.15) is 13.2 Å². The summed E-state index contributed by atoms with van der Waals surface area (Å²) in [6, 6.07) is 0. The highest BCUT2D eigenvalue weighted by atomic mass is 16.6. The van der Waals surface area contributed by atoms with Gasteiger partial charge < -0.3 is 14.2 Å². The van der Waals surface area contributed by atoms with Crippen molar-refractivity contribution in [2.24, 2.45) is 0 Å². The summed E-state index contributed by atoms with van der Waals surface area (Å²) in [6.07, 6.45) is 86.1. The first-order valence-corrected chi connectivity index (χ1v) is 27.3. The predicted molar refractivity (Wildman–Crippen MR) is 306 cm³/mol. The molecule has 0 heterocycles. The number of ether oxygens (including phenoxy) is 3. The molecule has 0 unspecified atom stereocenters. The summed E-state index contributed by atoms with van der Waals surface area (Å²) >= 11 is 0. The minimum atomic E-state index is -0.872. The van der Waals surface area contributed by atoms with E-state index in [2.05, 4.69) is 191 Å². The zero-order valence-corrected chi connectivity index (χ0v) is 44.6. The van der Waals surface area contributed by atoms with Gasteiger partial charge in [0, 0.05) is 19.3 Å². The van der Waals surface area contributed by atoms with E-state index in [9.17, 15) is 14.4 Å². The third-order valence-electron chi connectivity index (χ3n) is 10.4. The molecule has 0 radical (unpaired) electrons. The number of unbranched alkanes of at least 4 members (excludes halogenated alkanes) is 5. The van der Waals surface area contributed by atoms with E-state index in [0.717, 1.165) is 103 Å². The fourth-order valence-electron chi connectivity index (χ4n) is 6.38. The van der Waals surface area contributed by atoms with Gasteiger partial charge in [0.25, 0.3) is 0 Å². The molecule has 0 amide bonds. The number of esters is 3. The minimum Gasteiger partial charge on any atom is -0.462 e. The summed E-state index contributed by atoms with van der Waals surface area (Å²) in [5.74, 6) is -1.17. The van der Waals surface area contributed by atoms with Gasteiger partial charge in [0.2, 0.25) is 0 Å². The molecule has 0 rings (SSSR count). The van der Waals surface area contributed by atoms with E-state index in [1.54, 1.807) is 0 Å². The molecule has 0 aromatic heterocycles. The normalized spacial score (nSPS) is 13.6. The number of allylic oxidation sites excluding steroid dienone is 30. The van der Waals surface area contributed by atoms with Crippen molar-refractivity contribution < 1.29 is 28.6 Å². The molecule has 6 heteroatoms. The molecule has 0 aliphatic rings. The smallest absolute Gasteiger partial charge is 0.306 e. The highest BCUT2D eigenvalue weighted by Crippen LogP contribution is 2.08. The molecule has 0 saturated heterocycles. The van der Waals surface area contributed by atoms with Crippen molar-refractivity contribution >= 4 is 17.9 Å². The Hall–Kier alpha value is -5.49. The monoisotopic (exact) mass is 973 g/mol. The molecule has 71 heavy (non-hydrogen) atoms. The Kier molecular flexibility index (Phi) is 52.7. The summed E-state index contributed by atoms with van der Waals surface area (Å²) in [4.78, 5) is 38.0. The number of carbonyl (C=O) groups excluding carboxylic acids is 3. The second kappa shape index (κ2) is 57.1. The van der Waals surface area contributed by atoms with Gasteiger partial charge in [-0.25, -0.2) is 0 Å². The van der Waals surface area contributed by atoms with E-state index in [1.165, 1.54) is 25.7 Å². The van der Waals surface area contributed by atoms with Crippen molar-refractivity contribution in [3.8, 4) is 0 Å². The summed E-state index contributed by atoms with van der Waals surface area (Å²) in [6.45, 7) is 6.19. The van der Waals surface area contributed by atoms with Crippen LogP contribution >= 0.6 is 0 Å². The molecular weight excluding hydrogens is 877 g/mol. The molecule has 1 atom stereocenters. The van der Waals surface area contributed by atoms with Gasteiger partial charge >= 0.3 is 17.9 Å². The van der Waals surface area contributed by atoms with Crippen LogP contribution in [-0.2, 0) is 28.6 Å². The Balaban J connectivity index is 4.72. The average molecular weight is 973 g/mol. The third kappa shape index (κ3) is 55.3. The van der Waals surface area contributed by atoms with Crippen molar-refractivity contribution in [2.45, 2.75) is 194 Å². The maximum Gasteiger partial charge on any atom is 0.306 e. The molecule has 6 nitrogen and oxygen atoms in total. The standard InChI is InChI=1S/C65H96O6/c1-4-7-10-13-16-19-22-25-28-31-32-35-37-40-43-46-49-52-55-58-64(67)70-61-62(71-65(68)59-56-53-50-47-44-41-38-34-30-27-24-21-18-15-12-9-6-3)60-69-63(66)57-54-51-48-45-42-39-36-33-29-26-23-20-17-14-11-8-5-2/h7,9-10,12,16-21,25-30,32,35-36,38-41,43,45,47-50,52,62H,4-6,8,11,13-15,22-24,31,33-34,37,42,44,46,51,53-61H2,1-3H3/b10-7-,12-9-,19-16-,20-17-,21-18-,28-25-,29-26-,30-27-,35-32-,39-36-,41-38-,43-40-,48-45-,50-47-,52-49-/t62-/m1/s1. The zero-order valence-electron chi connectivity index (χ0n) is 44.6. The van der Waals surface area contributed by atoms with Crippen LogP contribution < -0.4 is 0 Å². The lowest BCUT2D eigenvalue weighted by atomic mass is 10.2. The van der Waals surface area contributed by atoms with Crippen LogP contribution in [0.25, 0.3) is 0 Å². The van der Waals surface area contributed by atoms with Crippen molar-refractivity contribution in [1.29, 1.82) is 0 Å². The molecule has 0 aliphatic carbocycles. The molecular formula is C65H96O6. The average Bonchev–Trinajstić information content (AvgIpc) is 3.37. The maximum atomic E-state index is 12.8. The van der Waals surface area contributed by atoms with Crippen LogP contribution in [0.15, 0.2) is 182 Å². The quantitative estimate of drug-likeness (QED) is 0.0262. The van der Waals surface area contributed by atoms with Gasteiger partial charge in [-0.3, -0.25) is 14.4 Å². The highest BCUT2D eigenvalue weighted by molar-refractivity contribution is 5.71. The Labute approximate surface area is 434 Å². The second-order valence-corrected chi connectivity index (χ2v) is 17.0. The largest absolute Gasteiger partial charge is 0.462 e. The second-order valence-electron chi connectivity index (χ2n) is 17.0. The lowest BCUT2D eigenvalue weighted by Crippen LogP contribution is -2.30. The fourth-order valence-corrected chi connectivity index (χ4v) is 6.38. The lowest BCUT2D eigenvalue weighted by molar-refractivity contribution is -0.166. The Bertz CT molecular complexity index is 1730. The SMILES string of the molecule is CC/C=C\C/C=C\C/C=C\C/C=C\C/C=C\C/C=C\CCC(=O)OC[C@@H](COC(=O)CCC/C=C\C/C=C\C/C=C\C/C=C\CCCCC)OC(=O)CCC/C=C\C/C=C\C/C=C\C/C=C\C/C=C\CC. The topological polar surface area (TPSA) is 78.9 Å². The summed E-state index contributed by atoms with van der Waals surface area (Å²) in [5.41, 5.74) is 0. The van der Waals surface area contributed by atoms with Crippen LogP contribution in [0.2, 0.25) is 0 Å². The minimum absolute atomic E-state index is 0.163. The van der Waals surface area contributed by atoms with E-state index in [0.29, 0.717) is 19.3 Å². The van der Waals surface area contributed by atoms with E-state index in [4.69, 9.17) is 14.2 Å². The van der Waals surface area contributed by atoms with Gasteiger partial charge in [-0.1, -0.05) is 216 Å². The van der Waals surface area contributed by atoms with Gasteiger partial charge in [0.15, 0.2) is 6.10 Å². The molecule has 0 N–H and O–H groups in total. The molecule has 0 bridgehead atoms. The number of rotatable bonds is 46. The number of carbonyl (C=O) groups is 3. The van der Waals surface area contributed by atoms with E-state index >= 15 is 0 Å². The van der Waals surface area contributed by atoms with Crippen molar-refractivity contribution in [2.75, 3.05) is 13.2 Å². The zero-order chi connectivity index (χ0) is 51.4. The van der Waals surface area contributed by atoms with Crippen LogP contribution in [0.4, 0.5) is 0 Å². The van der Waals surface area contributed by atoms with Gasteiger partial charge in [-0.15, -0.1) is 0 Å².